The summed E-state index contributed by atoms with van der Waals surface area (Å²) in [6, 6.07) is 17.9. The molecule has 0 spiro atoms. The van der Waals surface area contributed by atoms with Crippen molar-refractivity contribution in [3.8, 4) is 5.75 Å². The van der Waals surface area contributed by atoms with Crippen molar-refractivity contribution >= 4 is 11.6 Å². The van der Waals surface area contributed by atoms with Crippen molar-refractivity contribution in [2.45, 2.75) is 6.04 Å². The lowest BCUT2D eigenvalue weighted by Crippen LogP contribution is -2.20. The molecular formula is C17H15N5O. The van der Waals surface area contributed by atoms with Gasteiger partial charge in [0.15, 0.2) is 0 Å². The second-order valence-electron chi connectivity index (χ2n) is 5.21. The van der Waals surface area contributed by atoms with E-state index in [1.165, 1.54) is 0 Å². The summed E-state index contributed by atoms with van der Waals surface area (Å²) < 4.78 is 7.25. The van der Waals surface area contributed by atoms with Crippen LogP contribution in [-0.2, 0) is 0 Å². The van der Waals surface area contributed by atoms with Crippen LogP contribution in [0.25, 0.3) is 5.70 Å². The highest BCUT2D eigenvalue weighted by Crippen LogP contribution is 2.35. The molecule has 0 amide bonds. The molecule has 6 heteroatoms. The Labute approximate surface area is 133 Å². The van der Waals surface area contributed by atoms with E-state index in [9.17, 15) is 0 Å². The molecule has 1 aromatic heterocycles. The van der Waals surface area contributed by atoms with Crippen molar-refractivity contribution in [2.24, 2.45) is 0 Å². The van der Waals surface area contributed by atoms with Crippen LogP contribution in [0.4, 0.5) is 5.95 Å². The Morgan fingerprint density at radius 1 is 1.04 bits per heavy atom. The Kier molecular flexibility index (Phi) is 3.27. The Balaban J connectivity index is 1.85. The summed E-state index contributed by atoms with van der Waals surface area (Å²) in [5.74, 6) is 1.42. The summed E-state index contributed by atoms with van der Waals surface area (Å²) in [4.78, 5) is 0. The number of nitrogens with zero attached hydrogens (tertiary/aromatic N) is 4. The van der Waals surface area contributed by atoms with Crippen molar-refractivity contribution in [1.29, 1.82) is 0 Å². The summed E-state index contributed by atoms with van der Waals surface area (Å²) in [5, 5.41) is 15.3. The predicted molar refractivity (Wildman–Crippen MR) is 87.0 cm³/mol. The maximum atomic E-state index is 5.50. The van der Waals surface area contributed by atoms with Crippen molar-refractivity contribution in [1.82, 2.24) is 20.2 Å². The molecule has 0 saturated heterocycles. The van der Waals surface area contributed by atoms with Crippen LogP contribution in [0.15, 0.2) is 60.7 Å². The second kappa shape index (κ2) is 5.57. The largest absolute Gasteiger partial charge is 0.496 e. The minimum atomic E-state index is -0.132. The number of ether oxygens (including phenoxy) is 1. The molecule has 0 radical (unpaired) electrons. The van der Waals surface area contributed by atoms with Crippen LogP contribution >= 0.6 is 0 Å². The van der Waals surface area contributed by atoms with E-state index in [0.29, 0.717) is 5.95 Å². The third-order valence-corrected chi connectivity index (χ3v) is 3.87. The number of aromatic nitrogens is 4. The lowest BCUT2D eigenvalue weighted by atomic mass is 10.0. The quantitative estimate of drug-likeness (QED) is 0.806. The zero-order chi connectivity index (χ0) is 15.6. The lowest BCUT2D eigenvalue weighted by molar-refractivity contribution is 0.403. The number of para-hydroxylation sites is 1. The number of fused-ring (bicyclic) bond motifs is 1. The number of nitrogens with one attached hydrogen (secondary N) is 1. The average molecular weight is 305 g/mol. The van der Waals surface area contributed by atoms with E-state index in [-0.39, 0.29) is 6.04 Å². The average Bonchev–Trinajstić information content (AvgIpc) is 3.10. The van der Waals surface area contributed by atoms with E-state index in [0.717, 1.165) is 22.6 Å². The molecule has 114 valence electrons. The van der Waals surface area contributed by atoms with Gasteiger partial charge in [-0.25, -0.2) is 0 Å². The maximum Gasteiger partial charge on any atom is 0.248 e. The van der Waals surface area contributed by atoms with Crippen LogP contribution in [0.1, 0.15) is 17.2 Å². The van der Waals surface area contributed by atoms with E-state index in [2.05, 4.69) is 39.1 Å². The van der Waals surface area contributed by atoms with Crippen LogP contribution < -0.4 is 10.1 Å². The number of rotatable bonds is 3. The van der Waals surface area contributed by atoms with Gasteiger partial charge in [-0.2, -0.15) is 4.68 Å². The molecule has 1 atom stereocenters. The highest BCUT2D eigenvalue weighted by atomic mass is 16.5. The summed E-state index contributed by atoms with van der Waals surface area (Å²) in [7, 11) is 1.67. The number of tetrazole rings is 1. The SMILES string of the molecule is COc1ccccc1[C@H]1C=C(c2ccccc2)Nc2nnnn21. The number of allylic oxidation sites excluding steroid dienone is 1. The number of hydrogen-bond donors (Lipinski definition) is 1. The Morgan fingerprint density at radius 3 is 2.65 bits per heavy atom. The Morgan fingerprint density at radius 2 is 1.83 bits per heavy atom. The molecule has 0 fully saturated rings. The zero-order valence-electron chi connectivity index (χ0n) is 12.5. The van der Waals surface area contributed by atoms with E-state index >= 15 is 0 Å². The number of hydrogen-bond acceptors (Lipinski definition) is 5. The van der Waals surface area contributed by atoms with Crippen molar-refractivity contribution in [2.75, 3.05) is 12.4 Å². The van der Waals surface area contributed by atoms with Crippen LogP contribution in [0.5, 0.6) is 5.75 Å². The lowest BCUT2D eigenvalue weighted by Gasteiger charge is -2.24. The first kappa shape index (κ1) is 13.5. The molecule has 0 aliphatic carbocycles. The van der Waals surface area contributed by atoms with Crippen molar-refractivity contribution in [3.63, 3.8) is 0 Å². The van der Waals surface area contributed by atoms with Gasteiger partial charge < -0.3 is 10.1 Å². The molecule has 23 heavy (non-hydrogen) atoms. The third-order valence-electron chi connectivity index (χ3n) is 3.87. The fourth-order valence-electron chi connectivity index (χ4n) is 2.77. The summed E-state index contributed by atoms with van der Waals surface area (Å²) >= 11 is 0. The monoisotopic (exact) mass is 305 g/mol. The first-order valence-electron chi connectivity index (χ1n) is 7.32. The van der Waals surface area contributed by atoms with E-state index in [4.69, 9.17) is 4.74 Å². The smallest absolute Gasteiger partial charge is 0.248 e. The van der Waals surface area contributed by atoms with Gasteiger partial charge in [-0.15, -0.1) is 0 Å². The molecule has 4 rings (SSSR count). The van der Waals surface area contributed by atoms with Gasteiger partial charge >= 0.3 is 0 Å². The third kappa shape index (κ3) is 2.34. The summed E-state index contributed by atoms with van der Waals surface area (Å²) in [6.07, 6.45) is 2.11. The molecule has 0 unspecified atom stereocenters. The maximum absolute atomic E-state index is 5.50. The standard InChI is InChI=1S/C17H15N5O/c1-23-16-10-6-5-9-13(16)15-11-14(12-7-3-2-4-8-12)18-17-19-20-21-22(15)17/h2-11,15H,1H3,(H,18,19,21)/t15-/m1/s1. The highest BCUT2D eigenvalue weighted by Gasteiger charge is 2.26. The van der Waals surface area contributed by atoms with E-state index < -0.39 is 0 Å². The predicted octanol–water partition coefficient (Wildman–Crippen LogP) is 2.74. The van der Waals surface area contributed by atoms with Crippen molar-refractivity contribution in [3.05, 3.63) is 71.8 Å². The van der Waals surface area contributed by atoms with Gasteiger partial charge in [0.1, 0.15) is 11.8 Å². The first-order valence-corrected chi connectivity index (χ1v) is 7.32. The van der Waals surface area contributed by atoms with Crippen LogP contribution in [0, 0.1) is 0 Å². The number of methoxy groups -OCH3 is 1. The number of anilines is 1. The molecular weight excluding hydrogens is 290 g/mol. The second-order valence-corrected chi connectivity index (χ2v) is 5.21. The number of benzene rings is 2. The Bertz CT molecular complexity index is 856. The molecule has 1 aliphatic heterocycles. The summed E-state index contributed by atoms with van der Waals surface area (Å²) in [6.45, 7) is 0. The van der Waals surface area contributed by atoms with Gasteiger partial charge in [-0.05, 0) is 28.1 Å². The van der Waals surface area contributed by atoms with E-state index in [1.54, 1.807) is 11.8 Å². The van der Waals surface area contributed by atoms with Gasteiger partial charge in [0.05, 0.1) is 7.11 Å². The van der Waals surface area contributed by atoms with Gasteiger partial charge in [-0.1, -0.05) is 53.6 Å². The topological polar surface area (TPSA) is 64.9 Å². The van der Waals surface area contributed by atoms with Crippen molar-refractivity contribution < 1.29 is 4.74 Å². The fraction of sp³-hybridized carbons (Fsp3) is 0.118. The first-order chi connectivity index (χ1) is 11.4. The van der Waals surface area contributed by atoms with E-state index in [1.807, 2.05) is 42.5 Å². The van der Waals surface area contributed by atoms with Gasteiger partial charge in [-0.3, -0.25) is 0 Å². The highest BCUT2D eigenvalue weighted by molar-refractivity contribution is 5.77. The molecule has 0 saturated carbocycles. The molecule has 0 bridgehead atoms. The molecule has 1 N–H and O–H groups in total. The molecule has 6 nitrogen and oxygen atoms in total. The summed E-state index contributed by atoms with van der Waals surface area (Å²) in [5.41, 5.74) is 3.07. The normalized spacial score (nSPS) is 16.2. The fourth-order valence-corrected chi connectivity index (χ4v) is 2.77. The molecule has 1 aliphatic rings. The van der Waals surface area contributed by atoms with Gasteiger partial charge in [0.25, 0.3) is 0 Å². The molecule has 2 heterocycles. The van der Waals surface area contributed by atoms with Gasteiger partial charge in [0.2, 0.25) is 5.95 Å². The minimum absolute atomic E-state index is 0.132. The minimum Gasteiger partial charge on any atom is -0.496 e. The molecule has 2 aromatic carbocycles. The van der Waals surface area contributed by atoms with Crippen LogP contribution in [0.3, 0.4) is 0 Å². The Hall–Kier alpha value is -3.15. The van der Waals surface area contributed by atoms with Crippen LogP contribution in [-0.4, -0.2) is 27.3 Å². The van der Waals surface area contributed by atoms with Gasteiger partial charge in [0, 0.05) is 11.3 Å². The zero-order valence-corrected chi connectivity index (χ0v) is 12.5. The van der Waals surface area contributed by atoms with Crippen LogP contribution in [0.2, 0.25) is 0 Å². The molecule has 3 aromatic rings.